The Hall–Kier alpha value is -9.31. The molecule has 0 bridgehead atoms. The van der Waals surface area contributed by atoms with Crippen LogP contribution in [-0.2, 0) is 21.3 Å². The molecule has 2 saturated heterocycles. The first-order valence-electron chi connectivity index (χ1n) is 26.8. The number of hydrogen-bond acceptors (Lipinski definition) is 19. The smallest absolute Gasteiger partial charge is 0.420 e. The molecule has 446 valence electrons. The molecule has 23 nitrogen and oxygen atoms in total. The number of urea groups is 2. The van der Waals surface area contributed by atoms with Crippen molar-refractivity contribution in [1.82, 2.24) is 34.9 Å². The molecule has 0 aliphatic carbocycles. The second-order valence-corrected chi connectivity index (χ2v) is 19.7. The van der Waals surface area contributed by atoms with Gasteiger partial charge in [0.15, 0.2) is 28.7 Å². The number of hydrazine groups is 1. The van der Waals surface area contributed by atoms with Gasteiger partial charge in [-0.15, -0.1) is 0 Å². The lowest BCUT2D eigenvalue weighted by Gasteiger charge is -2.33. The highest BCUT2D eigenvalue weighted by Gasteiger charge is 2.39. The number of fused-ring (bicyclic) bond motifs is 2. The van der Waals surface area contributed by atoms with Crippen LogP contribution in [0.1, 0.15) is 25.1 Å². The first-order valence-corrected chi connectivity index (χ1v) is 26.8. The summed E-state index contributed by atoms with van der Waals surface area (Å²) in [6, 6.07) is 20.0. The maximum absolute atomic E-state index is 15.6. The van der Waals surface area contributed by atoms with E-state index in [-0.39, 0.29) is 40.3 Å². The van der Waals surface area contributed by atoms with Crippen LogP contribution < -0.4 is 53.8 Å². The van der Waals surface area contributed by atoms with E-state index in [9.17, 15) is 13.2 Å². The molecular formula is C58H59F4N11O12. The lowest BCUT2D eigenvalue weighted by molar-refractivity contribution is -0.138. The number of amides is 4. The predicted octanol–water partition coefficient (Wildman–Crippen LogP) is 10.5. The highest BCUT2D eigenvalue weighted by molar-refractivity contribution is 6.12. The molecule has 4 amide bonds. The fourth-order valence-electron chi connectivity index (χ4n) is 9.17. The molecule has 85 heavy (non-hydrogen) atoms. The van der Waals surface area contributed by atoms with E-state index in [1.54, 1.807) is 36.4 Å². The number of rotatable bonds is 20. The standard InChI is InChI=1S/C58H59F4N11O12/c1-57(2,59)51-33-52(85-69-51)73(56(75)68-37-9-7-11-40(27-37)84-54-42-30-48(78-5)50(32-45(42)64-35-66-54)82-25-19-71-16-22-80-23-17-71)72(38-12-13-46(76-3)43(28-38)58(60,61)62)55(74)67-36-8-6-10-39(26-36)83-53-41-29-47(77-4)49(31-44(41)63-34-65-53)81-24-18-70-14-20-79-21-15-70/h6-13,26-35H,14-25H2,1-5H3,(H,67,74)(H,68,75). The number of aromatic nitrogens is 5. The van der Waals surface area contributed by atoms with Gasteiger partial charge in [-0.2, -0.15) is 23.2 Å². The van der Waals surface area contributed by atoms with Crippen LogP contribution >= 0.6 is 0 Å². The van der Waals surface area contributed by atoms with Crippen LogP contribution in [0.5, 0.6) is 52.0 Å². The van der Waals surface area contributed by atoms with Crippen molar-refractivity contribution in [3.63, 3.8) is 0 Å². The molecule has 2 aliphatic heterocycles. The van der Waals surface area contributed by atoms with Crippen molar-refractivity contribution in [1.29, 1.82) is 0 Å². The van der Waals surface area contributed by atoms with E-state index in [0.29, 0.717) is 114 Å². The minimum absolute atomic E-state index is 0.0275. The van der Waals surface area contributed by atoms with E-state index >= 15 is 14.0 Å². The SMILES string of the molecule is COc1cc2c(Oc3cccc(NC(=O)N(c4ccc(OC)c(C(F)(F)F)c4)N(C(=O)Nc4cccc(Oc5ncnc6cc(OCCN7CCOCC7)c(OC)cc56)c4)c4cc(C(C)(C)F)no4)c3)ncnc2cc1OCCN1CCOCC1. The zero-order valence-corrected chi connectivity index (χ0v) is 46.8. The molecule has 5 heterocycles. The Morgan fingerprint density at radius 3 is 1.54 bits per heavy atom. The number of hydrogen-bond donors (Lipinski definition) is 2. The number of carbonyl (C=O) groups is 2. The van der Waals surface area contributed by atoms with Crippen LogP contribution in [0.3, 0.4) is 0 Å². The van der Waals surface area contributed by atoms with Crippen LogP contribution in [-0.4, -0.2) is 147 Å². The highest BCUT2D eigenvalue weighted by atomic mass is 19.4. The van der Waals surface area contributed by atoms with Gasteiger partial charge in [-0.05, 0) is 68.4 Å². The molecule has 0 saturated carbocycles. The van der Waals surface area contributed by atoms with Gasteiger partial charge < -0.3 is 57.8 Å². The second-order valence-electron chi connectivity index (χ2n) is 19.7. The van der Waals surface area contributed by atoms with Gasteiger partial charge in [0.1, 0.15) is 48.8 Å². The van der Waals surface area contributed by atoms with Gasteiger partial charge in [-0.1, -0.05) is 17.3 Å². The van der Waals surface area contributed by atoms with Crippen molar-refractivity contribution in [2.24, 2.45) is 0 Å². The number of halogens is 4. The molecule has 0 radical (unpaired) electrons. The summed E-state index contributed by atoms with van der Waals surface area (Å²) in [7, 11) is 4.04. The third-order valence-corrected chi connectivity index (χ3v) is 13.5. The van der Waals surface area contributed by atoms with Gasteiger partial charge in [0.2, 0.25) is 11.8 Å². The van der Waals surface area contributed by atoms with Crippen LogP contribution in [0.2, 0.25) is 0 Å². The molecule has 27 heteroatoms. The normalized spacial score (nSPS) is 14.1. The number of carbonyl (C=O) groups excluding carboxylic acids is 2. The van der Waals surface area contributed by atoms with Crippen molar-refractivity contribution in [3.8, 4) is 52.0 Å². The average Bonchev–Trinajstić information content (AvgIpc) is 3.09. The maximum atomic E-state index is 15.6. The van der Waals surface area contributed by atoms with Crippen LogP contribution in [0.4, 0.5) is 50.1 Å². The van der Waals surface area contributed by atoms with E-state index in [1.807, 2.05) is 0 Å². The van der Waals surface area contributed by atoms with E-state index < -0.39 is 46.8 Å². The third-order valence-electron chi connectivity index (χ3n) is 13.5. The number of nitrogens with zero attached hydrogens (tertiary/aromatic N) is 9. The van der Waals surface area contributed by atoms with E-state index in [2.05, 4.69) is 45.5 Å². The molecule has 0 unspecified atom stereocenters. The monoisotopic (exact) mass is 1180 g/mol. The first kappa shape index (κ1) is 58.9. The zero-order chi connectivity index (χ0) is 59.7. The number of anilines is 4. The van der Waals surface area contributed by atoms with Crippen molar-refractivity contribution in [2.45, 2.75) is 25.7 Å². The summed E-state index contributed by atoms with van der Waals surface area (Å²) in [6.07, 6.45) is -2.43. The van der Waals surface area contributed by atoms with Gasteiger partial charge in [0.25, 0.3) is 5.88 Å². The second kappa shape index (κ2) is 26.1. The summed E-state index contributed by atoms with van der Waals surface area (Å²) in [4.78, 5) is 52.1. The number of morpholine rings is 2. The van der Waals surface area contributed by atoms with Gasteiger partial charge in [0.05, 0.1) is 80.8 Å². The average molecular weight is 1180 g/mol. The molecule has 2 N–H and O–H groups in total. The fourth-order valence-corrected chi connectivity index (χ4v) is 9.17. The minimum Gasteiger partial charge on any atom is -0.496 e. The molecule has 0 atom stereocenters. The lowest BCUT2D eigenvalue weighted by Crippen LogP contribution is -2.53. The Labute approximate surface area is 484 Å². The summed E-state index contributed by atoms with van der Waals surface area (Å²) >= 11 is 0. The van der Waals surface area contributed by atoms with E-state index in [4.69, 9.17) is 47.2 Å². The third kappa shape index (κ3) is 14.2. The Bertz CT molecular complexity index is 3650. The molecule has 3 aromatic heterocycles. The Morgan fingerprint density at radius 2 is 1.08 bits per heavy atom. The predicted molar refractivity (Wildman–Crippen MR) is 302 cm³/mol. The fraction of sp³-hybridized carbons (Fsp3) is 0.328. The highest BCUT2D eigenvalue weighted by Crippen LogP contribution is 2.42. The van der Waals surface area contributed by atoms with Gasteiger partial charge in [-0.3, -0.25) is 9.80 Å². The Morgan fingerprint density at radius 1 is 0.588 bits per heavy atom. The number of methoxy groups -OCH3 is 3. The zero-order valence-electron chi connectivity index (χ0n) is 46.8. The summed E-state index contributed by atoms with van der Waals surface area (Å²) in [6.45, 7) is 10.3. The molecule has 10 rings (SSSR count). The van der Waals surface area contributed by atoms with Crippen molar-refractivity contribution in [2.75, 3.05) is 121 Å². The summed E-state index contributed by atoms with van der Waals surface area (Å²) in [5.74, 6) is 0.995. The van der Waals surface area contributed by atoms with Gasteiger partial charge in [0, 0.05) is 81.0 Å². The van der Waals surface area contributed by atoms with Crippen LogP contribution in [0, 0.1) is 0 Å². The number of nitrogens with one attached hydrogen (secondary N) is 2. The van der Waals surface area contributed by atoms with E-state index in [0.717, 1.165) is 51.5 Å². The Kier molecular flexibility index (Phi) is 18.1. The molecule has 5 aromatic carbocycles. The largest absolute Gasteiger partial charge is 0.496 e. The van der Waals surface area contributed by atoms with Gasteiger partial charge >= 0.3 is 18.2 Å². The van der Waals surface area contributed by atoms with Gasteiger partial charge in [-0.25, -0.2) is 33.9 Å². The number of ether oxygens (including phenoxy) is 9. The topological polar surface area (TPSA) is 232 Å². The quantitative estimate of drug-likeness (QED) is 0.0533. The van der Waals surface area contributed by atoms with Crippen molar-refractivity contribution >= 4 is 56.8 Å². The molecule has 0 spiro atoms. The Balaban J connectivity index is 0.940. The first-order chi connectivity index (χ1) is 41.0. The van der Waals surface area contributed by atoms with Crippen molar-refractivity contribution in [3.05, 3.63) is 121 Å². The maximum Gasteiger partial charge on any atom is 0.420 e. The molecule has 2 aliphatic rings. The lowest BCUT2D eigenvalue weighted by atomic mass is 10.1. The van der Waals surface area contributed by atoms with Crippen LogP contribution in [0.15, 0.2) is 114 Å². The minimum atomic E-state index is -5.04. The molecule has 2 fully saturated rings. The van der Waals surface area contributed by atoms with E-state index in [1.165, 1.54) is 77.1 Å². The molecule has 8 aromatic rings. The number of benzene rings is 5. The summed E-state index contributed by atoms with van der Waals surface area (Å²) in [5, 5.41) is 11.2. The number of alkyl halides is 4. The van der Waals surface area contributed by atoms with Crippen LogP contribution in [0.25, 0.3) is 21.8 Å². The summed E-state index contributed by atoms with van der Waals surface area (Å²) < 4.78 is 118. The molecular weight excluding hydrogens is 1120 g/mol. The van der Waals surface area contributed by atoms with Crippen molar-refractivity contribution < 1.29 is 74.3 Å². The summed E-state index contributed by atoms with van der Waals surface area (Å²) in [5.41, 5.74) is -3.33.